The molecule has 0 aliphatic rings. The Hall–Kier alpha value is -0.840. The van der Waals surface area contributed by atoms with Crippen LogP contribution in [0.2, 0.25) is 0 Å². The van der Waals surface area contributed by atoms with Crippen molar-refractivity contribution < 1.29 is 9.15 Å². The SMILES string of the molecule is CCNCc1oc(COCC(C)(C)N(C)C)cc1C. The van der Waals surface area contributed by atoms with Gasteiger partial charge < -0.3 is 19.4 Å². The van der Waals surface area contributed by atoms with Crippen LogP contribution in [0.5, 0.6) is 0 Å². The molecule has 0 saturated carbocycles. The summed E-state index contributed by atoms with van der Waals surface area (Å²) in [5.74, 6) is 1.91. The van der Waals surface area contributed by atoms with Crippen molar-refractivity contribution in [2.24, 2.45) is 0 Å². The van der Waals surface area contributed by atoms with E-state index in [9.17, 15) is 0 Å². The average Bonchev–Trinajstić information content (AvgIpc) is 2.67. The molecule has 1 aromatic heterocycles. The fourth-order valence-corrected chi connectivity index (χ4v) is 1.61. The molecule has 0 atom stereocenters. The molecule has 1 aromatic rings. The van der Waals surface area contributed by atoms with E-state index in [0.717, 1.165) is 24.6 Å². The van der Waals surface area contributed by atoms with E-state index in [2.05, 4.69) is 58.1 Å². The third-order valence-corrected chi connectivity index (χ3v) is 3.52. The molecule has 0 radical (unpaired) electrons. The maximum Gasteiger partial charge on any atom is 0.130 e. The lowest BCUT2D eigenvalue weighted by molar-refractivity contribution is 0.0206. The molecule has 110 valence electrons. The Morgan fingerprint density at radius 3 is 2.63 bits per heavy atom. The zero-order valence-electron chi connectivity index (χ0n) is 13.2. The molecule has 4 nitrogen and oxygen atoms in total. The normalized spacial score (nSPS) is 12.4. The summed E-state index contributed by atoms with van der Waals surface area (Å²) in [5.41, 5.74) is 1.22. The predicted octanol–water partition coefficient (Wildman–Crippen LogP) is 2.55. The van der Waals surface area contributed by atoms with E-state index in [0.29, 0.717) is 13.2 Å². The fraction of sp³-hybridized carbons (Fsp3) is 0.733. The first-order valence-corrected chi connectivity index (χ1v) is 6.91. The minimum Gasteiger partial charge on any atom is -0.462 e. The summed E-state index contributed by atoms with van der Waals surface area (Å²) >= 11 is 0. The molecule has 0 amide bonds. The zero-order chi connectivity index (χ0) is 14.5. The lowest BCUT2D eigenvalue weighted by atomic mass is 10.1. The third kappa shape index (κ3) is 4.97. The molecule has 19 heavy (non-hydrogen) atoms. The molecule has 1 heterocycles. The lowest BCUT2D eigenvalue weighted by Crippen LogP contribution is -2.42. The molecule has 4 heteroatoms. The number of hydrogen-bond donors (Lipinski definition) is 1. The van der Waals surface area contributed by atoms with Gasteiger partial charge in [-0.3, -0.25) is 0 Å². The van der Waals surface area contributed by atoms with Gasteiger partial charge in [-0.1, -0.05) is 6.92 Å². The standard InChI is InChI=1S/C15H28N2O2/c1-7-16-9-14-12(2)8-13(19-14)10-18-11-15(3,4)17(5)6/h8,16H,7,9-11H2,1-6H3. The summed E-state index contributed by atoms with van der Waals surface area (Å²) in [4.78, 5) is 2.16. The van der Waals surface area contributed by atoms with Crippen LogP contribution < -0.4 is 5.32 Å². The van der Waals surface area contributed by atoms with Gasteiger partial charge in [0.1, 0.15) is 18.1 Å². The number of furan rings is 1. The van der Waals surface area contributed by atoms with E-state index in [4.69, 9.17) is 9.15 Å². The highest BCUT2D eigenvalue weighted by Crippen LogP contribution is 2.17. The van der Waals surface area contributed by atoms with Crippen LogP contribution in [0.1, 0.15) is 37.9 Å². The molecule has 1 rings (SSSR count). The van der Waals surface area contributed by atoms with Crippen molar-refractivity contribution in [3.8, 4) is 0 Å². The fourth-order valence-electron chi connectivity index (χ4n) is 1.61. The number of nitrogens with one attached hydrogen (secondary N) is 1. The molecule has 1 N–H and O–H groups in total. The lowest BCUT2D eigenvalue weighted by Gasteiger charge is -2.31. The molecule has 0 fully saturated rings. The van der Waals surface area contributed by atoms with Gasteiger partial charge in [0.25, 0.3) is 0 Å². The van der Waals surface area contributed by atoms with E-state index >= 15 is 0 Å². The highest BCUT2D eigenvalue weighted by Gasteiger charge is 2.20. The zero-order valence-corrected chi connectivity index (χ0v) is 13.2. The van der Waals surface area contributed by atoms with Gasteiger partial charge in [-0.15, -0.1) is 0 Å². The van der Waals surface area contributed by atoms with Crippen LogP contribution in [0.25, 0.3) is 0 Å². The van der Waals surface area contributed by atoms with Crippen molar-refractivity contribution in [3.63, 3.8) is 0 Å². The molecule has 0 aromatic carbocycles. The third-order valence-electron chi connectivity index (χ3n) is 3.52. The highest BCUT2D eigenvalue weighted by molar-refractivity contribution is 5.19. The first kappa shape index (κ1) is 16.2. The maximum atomic E-state index is 5.79. The Morgan fingerprint density at radius 1 is 1.37 bits per heavy atom. The predicted molar refractivity (Wildman–Crippen MR) is 78.2 cm³/mol. The molecule has 0 aliphatic heterocycles. The maximum absolute atomic E-state index is 5.79. The number of likely N-dealkylation sites (N-methyl/N-ethyl adjacent to an activating group) is 1. The topological polar surface area (TPSA) is 37.6 Å². The number of ether oxygens (including phenoxy) is 1. The highest BCUT2D eigenvalue weighted by atomic mass is 16.5. The second-order valence-electron chi connectivity index (χ2n) is 5.80. The van der Waals surface area contributed by atoms with Gasteiger partial charge in [-0.25, -0.2) is 0 Å². The summed E-state index contributed by atoms with van der Waals surface area (Å²) in [5, 5.41) is 3.27. The van der Waals surface area contributed by atoms with Crippen molar-refractivity contribution in [2.75, 3.05) is 27.2 Å². The monoisotopic (exact) mass is 268 g/mol. The quantitative estimate of drug-likeness (QED) is 0.786. The number of rotatable bonds is 8. The molecular weight excluding hydrogens is 240 g/mol. The largest absolute Gasteiger partial charge is 0.462 e. The Balaban J connectivity index is 2.46. The van der Waals surface area contributed by atoms with Crippen LogP contribution in [0.4, 0.5) is 0 Å². The smallest absolute Gasteiger partial charge is 0.130 e. The molecule has 0 spiro atoms. The summed E-state index contributed by atoms with van der Waals surface area (Å²) in [6.07, 6.45) is 0. The summed E-state index contributed by atoms with van der Waals surface area (Å²) in [6.45, 7) is 11.4. The number of aryl methyl sites for hydroxylation is 1. The summed E-state index contributed by atoms with van der Waals surface area (Å²) < 4.78 is 11.6. The van der Waals surface area contributed by atoms with Crippen LogP contribution in [-0.2, 0) is 17.9 Å². The summed E-state index contributed by atoms with van der Waals surface area (Å²) in [6, 6.07) is 2.06. The minimum atomic E-state index is 0.0359. The second kappa shape index (κ2) is 7.08. The van der Waals surface area contributed by atoms with E-state index in [1.54, 1.807) is 0 Å². The number of nitrogens with zero attached hydrogens (tertiary/aromatic N) is 1. The van der Waals surface area contributed by atoms with Crippen LogP contribution in [-0.4, -0.2) is 37.7 Å². The summed E-state index contributed by atoms with van der Waals surface area (Å²) in [7, 11) is 4.13. The Bertz CT molecular complexity index is 383. The van der Waals surface area contributed by atoms with Gasteiger partial charge in [0.05, 0.1) is 13.2 Å². The van der Waals surface area contributed by atoms with Gasteiger partial charge >= 0.3 is 0 Å². The minimum absolute atomic E-state index is 0.0359. The first-order valence-electron chi connectivity index (χ1n) is 6.91. The Morgan fingerprint density at radius 2 is 2.05 bits per heavy atom. The Labute approximate surface area is 117 Å². The van der Waals surface area contributed by atoms with Crippen molar-refractivity contribution in [1.82, 2.24) is 10.2 Å². The molecule has 0 saturated heterocycles. The first-order chi connectivity index (χ1) is 8.86. The van der Waals surface area contributed by atoms with E-state index in [-0.39, 0.29) is 5.54 Å². The van der Waals surface area contributed by atoms with E-state index in [1.165, 1.54) is 5.56 Å². The average molecular weight is 268 g/mol. The van der Waals surface area contributed by atoms with Crippen LogP contribution in [0.15, 0.2) is 10.5 Å². The van der Waals surface area contributed by atoms with Crippen molar-refractivity contribution in [1.29, 1.82) is 0 Å². The molecule has 0 aliphatic carbocycles. The molecular formula is C15H28N2O2. The van der Waals surface area contributed by atoms with Crippen molar-refractivity contribution in [2.45, 2.75) is 46.4 Å². The Kier molecular flexibility index (Phi) is 6.04. The number of hydrogen-bond acceptors (Lipinski definition) is 4. The van der Waals surface area contributed by atoms with Gasteiger partial charge in [0.15, 0.2) is 0 Å². The van der Waals surface area contributed by atoms with Crippen LogP contribution in [0.3, 0.4) is 0 Å². The molecule has 0 unspecified atom stereocenters. The van der Waals surface area contributed by atoms with Crippen molar-refractivity contribution in [3.05, 3.63) is 23.2 Å². The second-order valence-corrected chi connectivity index (χ2v) is 5.80. The van der Waals surface area contributed by atoms with Gasteiger partial charge in [0.2, 0.25) is 0 Å². The molecule has 0 bridgehead atoms. The van der Waals surface area contributed by atoms with E-state index < -0.39 is 0 Å². The van der Waals surface area contributed by atoms with Gasteiger partial charge in [-0.05, 0) is 53.0 Å². The van der Waals surface area contributed by atoms with Crippen LogP contribution >= 0.6 is 0 Å². The van der Waals surface area contributed by atoms with Gasteiger partial charge in [-0.2, -0.15) is 0 Å². The van der Waals surface area contributed by atoms with E-state index in [1.807, 2.05) is 0 Å². The van der Waals surface area contributed by atoms with Gasteiger partial charge in [0, 0.05) is 5.54 Å². The van der Waals surface area contributed by atoms with Crippen molar-refractivity contribution >= 4 is 0 Å². The van der Waals surface area contributed by atoms with Crippen LogP contribution in [0, 0.1) is 6.92 Å².